The highest BCUT2D eigenvalue weighted by molar-refractivity contribution is 6.31. The highest BCUT2D eigenvalue weighted by Gasteiger charge is 2.45. The summed E-state index contributed by atoms with van der Waals surface area (Å²) in [5.41, 5.74) is 1.46. The minimum absolute atomic E-state index is 0.0313. The van der Waals surface area contributed by atoms with Gasteiger partial charge in [-0.05, 0) is 42.3 Å². The molecule has 0 unspecified atom stereocenters. The summed E-state index contributed by atoms with van der Waals surface area (Å²) in [4.78, 5) is 13.0. The number of ketones is 1. The molecular weight excluding hydrogens is 456 g/mol. The molecule has 1 fully saturated rings. The van der Waals surface area contributed by atoms with Gasteiger partial charge < -0.3 is 39.4 Å². The number of furan rings is 1. The van der Waals surface area contributed by atoms with Crippen LogP contribution >= 0.6 is 11.6 Å². The van der Waals surface area contributed by atoms with Crippen molar-refractivity contribution < 1.29 is 44.2 Å². The monoisotopic (exact) mass is 478 g/mol. The molecule has 0 bridgehead atoms. The highest BCUT2D eigenvalue weighted by atomic mass is 35.5. The Morgan fingerprint density at radius 1 is 1.06 bits per heavy atom. The van der Waals surface area contributed by atoms with Crippen LogP contribution in [0.4, 0.5) is 0 Å². The highest BCUT2D eigenvalue weighted by Crippen LogP contribution is 2.35. The molecule has 0 saturated carbocycles. The zero-order chi connectivity index (χ0) is 23.7. The molecule has 0 radical (unpaired) electrons. The molecule has 2 aromatic carbocycles. The number of aliphatic hydroxyl groups is 4. The van der Waals surface area contributed by atoms with Crippen LogP contribution in [0.3, 0.4) is 0 Å². The van der Waals surface area contributed by atoms with Gasteiger partial charge >= 0.3 is 0 Å². The maximum atomic E-state index is 13.0. The van der Waals surface area contributed by atoms with Crippen LogP contribution in [0.1, 0.15) is 22.3 Å². The zero-order valence-corrected chi connectivity index (χ0v) is 18.1. The smallest absolute Gasteiger partial charge is 0.229 e. The molecule has 2 heterocycles. The van der Waals surface area contributed by atoms with Crippen molar-refractivity contribution in [1.29, 1.82) is 0 Å². The Kier molecular flexibility index (Phi) is 6.89. The summed E-state index contributed by atoms with van der Waals surface area (Å²) in [5, 5.41) is 50.9. The Morgan fingerprint density at radius 2 is 1.85 bits per heavy atom. The molecular formula is C23H23ClO9. The van der Waals surface area contributed by atoms with Crippen molar-refractivity contribution in [1.82, 2.24) is 0 Å². The number of ether oxygens (including phenoxy) is 2. The van der Waals surface area contributed by atoms with Crippen LogP contribution in [-0.4, -0.2) is 68.6 Å². The number of hydrogen-bond donors (Lipinski definition) is 5. The Hall–Kier alpha value is -2.66. The van der Waals surface area contributed by atoms with Gasteiger partial charge in [0.15, 0.2) is 5.78 Å². The van der Waals surface area contributed by atoms with E-state index >= 15 is 0 Å². The number of benzene rings is 2. The van der Waals surface area contributed by atoms with E-state index in [1.807, 2.05) is 24.3 Å². The van der Waals surface area contributed by atoms with Crippen LogP contribution in [-0.2, 0) is 11.2 Å². The third-order valence-electron chi connectivity index (χ3n) is 5.57. The van der Waals surface area contributed by atoms with Crippen molar-refractivity contribution in [3.8, 4) is 11.5 Å². The van der Waals surface area contributed by atoms with Gasteiger partial charge in [0, 0.05) is 16.8 Å². The molecule has 4 rings (SSSR count). The molecule has 0 amide bonds. The van der Waals surface area contributed by atoms with E-state index in [1.165, 1.54) is 12.1 Å². The first-order chi connectivity index (χ1) is 15.8. The van der Waals surface area contributed by atoms with Gasteiger partial charge in [0.25, 0.3) is 0 Å². The molecule has 1 aliphatic heterocycles. The standard InChI is InChI=1S/C23H23ClO9/c24-13-8-15(27)19(14(26)3-1-11-2-4-16-12(7-11)5-6-31-16)17(9-13)32-23-22(30)21(29)20(28)18(10-25)33-23/h2,4-9,18,20-23,25,27-30H,1,3,10H2/t18-,20-,21+,22-,23-/m1/s1. The van der Waals surface area contributed by atoms with Gasteiger partial charge in [-0.25, -0.2) is 0 Å². The van der Waals surface area contributed by atoms with Crippen molar-refractivity contribution in [2.24, 2.45) is 0 Å². The van der Waals surface area contributed by atoms with Crippen LogP contribution in [0.15, 0.2) is 47.1 Å². The molecule has 9 nitrogen and oxygen atoms in total. The van der Waals surface area contributed by atoms with E-state index in [4.69, 9.17) is 25.5 Å². The second kappa shape index (κ2) is 9.68. The topological polar surface area (TPSA) is 150 Å². The second-order valence-corrected chi connectivity index (χ2v) is 8.27. The quantitative estimate of drug-likeness (QED) is 0.320. The zero-order valence-electron chi connectivity index (χ0n) is 17.3. The first kappa shape index (κ1) is 23.5. The summed E-state index contributed by atoms with van der Waals surface area (Å²) < 4.78 is 16.2. The van der Waals surface area contributed by atoms with Gasteiger partial charge in [-0.3, -0.25) is 4.79 Å². The van der Waals surface area contributed by atoms with Gasteiger partial charge in [0.2, 0.25) is 6.29 Å². The van der Waals surface area contributed by atoms with Gasteiger partial charge in [0.1, 0.15) is 47.1 Å². The van der Waals surface area contributed by atoms with Crippen LogP contribution < -0.4 is 4.74 Å². The minimum atomic E-state index is -1.69. The molecule has 1 aromatic heterocycles. The predicted molar refractivity (Wildman–Crippen MR) is 116 cm³/mol. The van der Waals surface area contributed by atoms with E-state index in [0.717, 1.165) is 16.5 Å². The maximum Gasteiger partial charge on any atom is 0.229 e. The minimum Gasteiger partial charge on any atom is -0.507 e. The number of aryl methyl sites for hydroxylation is 1. The van der Waals surface area contributed by atoms with E-state index in [-0.39, 0.29) is 22.8 Å². The lowest BCUT2D eigenvalue weighted by molar-refractivity contribution is -0.277. The maximum absolute atomic E-state index is 13.0. The van der Waals surface area contributed by atoms with E-state index in [1.54, 1.807) is 6.26 Å². The predicted octanol–water partition coefficient (Wildman–Crippen LogP) is 1.79. The van der Waals surface area contributed by atoms with Gasteiger partial charge in [0.05, 0.1) is 12.9 Å². The van der Waals surface area contributed by atoms with E-state index in [2.05, 4.69) is 0 Å². The molecule has 0 spiro atoms. The molecule has 176 valence electrons. The third-order valence-corrected chi connectivity index (χ3v) is 5.79. The molecule has 1 aliphatic rings. The van der Waals surface area contributed by atoms with E-state index in [9.17, 15) is 30.3 Å². The van der Waals surface area contributed by atoms with Crippen molar-refractivity contribution in [2.45, 2.75) is 43.5 Å². The van der Waals surface area contributed by atoms with Crippen molar-refractivity contribution in [3.63, 3.8) is 0 Å². The van der Waals surface area contributed by atoms with Crippen molar-refractivity contribution in [2.75, 3.05) is 6.61 Å². The Bertz CT molecular complexity index is 1140. The fourth-order valence-electron chi connectivity index (χ4n) is 3.79. The summed E-state index contributed by atoms with van der Waals surface area (Å²) in [7, 11) is 0. The first-order valence-corrected chi connectivity index (χ1v) is 10.6. The number of phenols is 1. The number of fused-ring (bicyclic) bond motifs is 1. The van der Waals surface area contributed by atoms with Crippen molar-refractivity contribution >= 4 is 28.4 Å². The molecule has 33 heavy (non-hydrogen) atoms. The van der Waals surface area contributed by atoms with Crippen LogP contribution in [0.25, 0.3) is 11.0 Å². The normalized spacial score (nSPS) is 25.3. The average Bonchev–Trinajstić information content (AvgIpc) is 3.25. The number of aromatic hydroxyl groups is 1. The number of halogens is 1. The van der Waals surface area contributed by atoms with Crippen molar-refractivity contribution in [3.05, 3.63) is 58.8 Å². The molecule has 10 heteroatoms. The van der Waals surface area contributed by atoms with E-state index < -0.39 is 48.8 Å². The van der Waals surface area contributed by atoms with Crippen LogP contribution in [0.2, 0.25) is 5.02 Å². The summed E-state index contributed by atoms with van der Waals surface area (Å²) in [6.07, 6.45) is -5.66. The molecule has 5 N–H and O–H groups in total. The third kappa shape index (κ3) is 4.84. The lowest BCUT2D eigenvalue weighted by Gasteiger charge is -2.39. The SMILES string of the molecule is O=C(CCc1ccc2occc2c1)c1c(O)cc(Cl)cc1O[C@@H]1O[C@H](CO)[C@@H](O)[C@H](O)[C@H]1O. The van der Waals surface area contributed by atoms with Gasteiger partial charge in [-0.15, -0.1) is 0 Å². The number of aliphatic hydroxyl groups excluding tert-OH is 4. The number of rotatable bonds is 7. The lowest BCUT2D eigenvalue weighted by atomic mass is 9.99. The number of phenolic OH excluding ortho intramolecular Hbond substituents is 1. The second-order valence-electron chi connectivity index (χ2n) is 7.83. The summed E-state index contributed by atoms with van der Waals surface area (Å²) in [6, 6.07) is 9.83. The Morgan fingerprint density at radius 3 is 2.61 bits per heavy atom. The van der Waals surface area contributed by atoms with Crippen LogP contribution in [0.5, 0.6) is 11.5 Å². The van der Waals surface area contributed by atoms with Crippen LogP contribution in [0, 0.1) is 0 Å². The molecule has 3 aromatic rings. The fourth-order valence-corrected chi connectivity index (χ4v) is 3.99. The largest absolute Gasteiger partial charge is 0.507 e. The number of carbonyl (C=O) groups is 1. The number of hydrogen-bond acceptors (Lipinski definition) is 9. The fraction of sp³-hybridized carbons (Fsp3) is 0.348. The number of carbonyl (C=O) groups excluding carboxylic acids is 1. The molecule has 5 atom stereocenters. The van der Waals surface area contributed by atoms with E-state index in [0.29, 0.717) is 6.42 Å². The van der Waals surface area contributed by atoms with Gasteiger partial charge in [-0.2, -0.15) is 0 Å². The van der Waals surface area contributed by atoms with Gasteiger partial charge in [-0.1, -0.05) is 17.7 Å². The molecule has 1 saturated heterocycles. The Balaban J connectivity index is 1.55. The Labute approximate surface area is 193 Å². The summed E-state index contributed by atoms with van der Waals surface area (Å²) in [5.74, 6) is -1.03. The lowest BCUT2D eigenvalue weighted by Crippen LogP contribution is -2.60. The summed E-state index contributed by atoms with van der Waals surface area (Å²) in [6.45, 7) is -0.640. The average molecular weight is 479 g/mol. The number of Topliss-reactive ketones (excluding diaryl/α,β-unsaturated/α-hetero) is 1. The molecule has 0 aliphatic carbocycles. The first-order valence-electron chi connectivity index (χ1n) is 10.3. The summed E-state index contributed by atoms with van der Waals surface area (Å²) >= 11 is 6.01.